The number of hydrogen-bond donors (Lipinski definition) is 2. The average molecular weight is 217 g/mol. The van der Waals surface area contributed by atoms with Gasteiger partial charge in [0.05, 0.1) is 17.3 Å². The van der Waals surface area contributed by atoms with Crippen LogP contribution in [0.15, 0.2) is 24.4 Å². The van der Waals surface area contributed by atoms with Gasteiger partial charge in [-0.05, 0) is 19.4 Å². The van der Waals surface area contributed by atoms with E-state index >= 15 is 0 Å². The van der Waals surface area contributed by atoms with Crippen molar-refractivity contribution in [3.63, 3.8) is 0 Å². The molecule has 1 amide bonds. The summed E-state index contributed by atoms with van der Waals surface area (Å²) in [4.78, 5) is 12.0. The second-order valence-corrected chi connectivity index (χ2v) is 3.92. The van der Waals surface area contributed by atoms with Crippen molar-refractivity contribution in [1.82, 2.24) is 15.5 Å². The lowest BCUT2D eigenvalue weighted by Gasteiger charge is -2.11. The number of carbonyl (C=O) groups is 1. The van der Waals surface area contributed by atoms with E-state index in [2.05, 4.69) is 15.5 Å². The molecule has 0 bridgehead atoms. The number of carbonyl (C=O) groups excluding carboxylic acids is 1. The van der Waals surface area contributed by atoms with Gasteiger partial charge in [0.25, 0.3) is 5.91 Å². The molecule has 2 aromatic rings. The van der Waals surface area contributed by atoms with E-state index in [-0.39, 0.29) is 11.9 Å². The third kappa shape index (κ3) is 1.91. The predicted octanol–water partition coefficient (Wildman–Crippen LogP) is 2.09. The summed E-state index contributed by atoms with van der Waals surface area (Å²) in [6, 6.07) is 5.78. The lowest BCUT2D eigenvalue weighted by Crippen LogP contribution is -2.32. The Bertz CT molecular complexity index is 504. The highest BCUT2D eigenvalue weighted by molar-refractivity contribution is 6.05. The smallest absolute Gasteiger partial charge is 0.253 e. The van der Waals surface area contributed by atoms with Gasteiger partial charge in [0, 0.05) is 11.4 Å². The highest BCUT2D eigenvalue weighted by atomic mass is 16.1. The molecular formula is C12H15N3O. The fourth-order valence-electron chi connectivity index (χ4n) is 1.56. The Balaban J connectivity index is 2.32. The molecule has 84 valence electrons. The second kappa shape index (κ2) is 4.35. The number of rotatable bonds is 3. The number of aromatic amines is 1. The van der Waals surface area contributed by atoms with Crippen molar-refractivity contribution in [2.75, 3.05) is 0 Å². The molecule has 4 heteroatoms. The summed E-state index contributed by atoms with van der Waals surface area (Å²) in [6.45, 7) is 4.03. The van der Waals surface area contributed by atoms with Crippen LogP contribution in [0.4, 0.5) is 0 Å². The molecule has 0 aliphatic carbocycles. The molecular weight excluding hydrogens is 202 g/mol. The van der Waals surface area contributed by atoms with Crippen molar-refractivity contribution in [3.05, 3.63) is 30.0 Å². The average Bonchev–Trinajstić information content (AvgIpc) is 2.76. The maximum atomic E-state index is 12.0. The summed E-state index contributed by atoms with van der Waals surface area (Å²) >= 11 is 0. The molecule has 0 saturated carbocycles. The molecule has 1 heterocycles. The van der Waals surface area contributed by atoms with E-state index in [0.717, 1.165) is 17.3 Å². The standard InChI is InChI=1S/C12H15N3O/c1-3-8(2)14-12(16)10-6-4-5-9-7-13-15-11(9)10/h4-8H,3H2,1-2H3,(H,13,15)(H,14,16)/t8-/m1/s1. The number of H-pyrrole nitrogens is 1. The number of benzene rings is 1. The van der Waals surface area contributed by atoms with Crippen LogP contribution in [0.25, 0.3) is 10.9 Å². The SMILES string of the molecule is CC[C@@H](C)NC(=O)c1cccc2cn[nH]c12. The molecule has 1 aromatic heterocycles. The van der Waals surface area contributed by atoms with Crippen LogP contribution in [0.1, 0.15) is 30.6 Å². The van der Waals surface area contributed by atoms with Crippen LogP contribution >= 0.6 is 0 Å². The zero-order valence-corrected chi connectivity index (χ0v) is 9.45. The first-order valence-corrected chi connectivity index (χ1v) is 5.45. The first-order valence-electron chi connectivity index (χ1n) is 5.45. The van der Waals surface area contributed by atoms with Crippen LogP contribution in [0, 0.1) is 0 Å². The van der Waals surface area contributed by atoms with Gasteiger partial charge in [-0.3, -0.25) is 9.89 Å². The van der Waals surface area contributed by atoms with Crippen LogP contribution in [0.2, 0.25) is 0 Å². The first-order chi connectivity index (χ1) is 7.72. The molecule has 0 saturated heterocycles. The van der Waals surface area contributed by atoms with Gasteiger partial charge in [0.2, 0.25) is 0 Å². The Morgan fingerprint density at radius 2 is 2.38 bits per heavy atom. The fraction of sp³-hybridized carbons (Fsp3) is 0.333. The molecule has 0 spiro atoms. The van der Waals surface area contributed by atoms with Crippen molar-refractivity contribution >= 4 is 16.8 Å². The summed E-state index contributed by atoms with van der Waals surface area (Å²) in [5, 5.41) is 10.7. The molecule has 0 aliphatic heterocycles. The summed E-state index contributed by atoms with van der Waals surface area (Å²) in [7, 11) is 0. The molecule has 0 radical (unpaired) electrons. The molecule has 2 N–H and O–H groups in total. The van der Waals surface area contributed by atoms with E-state index in [4.69, 9.17) is 0 Å². The minimum Gasteiger partial charge on any atom is -0.350 e. The highest BCUT2D eigenvalue weighted by Gasteiger charge is 2.12. The number of para-hydroxylation sites is 1. The van der Waals surface area contributed by atoms with Crippen LogP contribution < -0.4 is 5.32 Å². The molecule has 4 nitrogen and oxygen atoms in total. The number of nitrogens with one attached hydrogen (secondary N) is 2. The van der Waals surface area contributed by atoms with Gasteiger partial charge in [-0.15, -0.1) is 0 Å². The van der Waals surface area contributed by atoms with Gasteiger partial charge >= 0.3 is 0 Å². The lowest BCUT2D eigenvalue weighted by atomic mass is 10.1. The van der Waals surface area contributed by atoms with Gasteiger partial charge < -0.3 is 5.32 Å². The molecule has 0 fully saturated rings. The van der Waals surface area contributed by atoms with Crippen molar-refractivity contribution in [3.8, 4) is 0 Å². The Hall–Kier alpha value is -1.84. The third-order valence-electron chi connectivity index (χ3n) is 2.71. The largest absolute Gasteiger partial charge is 0.350 e. The maximum absolute atomic E-state index is 12.0. The lowest BCUT2D eigenvalue weighted by molar-refractivity contribution is 0.0941. The second-order valence-electron chi connectivity index (χ2n) is 3.92. The number of aromatic nitrogens is 2. The number of amides is 1. The van der Waals surface area contributed by atoms with E-state index in [0.29, 0.717) is 5.56 Å². The van der Waals surface area contributed by atoms with E-state index in [1.165, 1.54) is 0 Å². The Labute approximate surface area is 94.0 Å². The van der Waals surface area contributed by atoms with Crippen molar-refractivity contribution < 1.29 is 4.79 Å². The third-order valence-corrected chi connectivity index (χ3v) is 2.71. The summed E-state index contributed by atoms with van der Waals surface area (Å²) in [5.74, 6) is -0.0517. The minimum absolute atomic E-state index is 0.0517. The topological polar surface area (TPSA) is 57.8 Å². The van der Waals surface area contributed by atoms with Crippen LogP contribution in [-0.2, 0) is 0 Å². The van der Waals surface area contributed by atoms with Crippen LogP contribution in [0.3, 0.4) is 0 Å². The van der Waals surface area contributed by atoms with E-state index < -0.39 is 0 Å². The van der Waals surface area contributed by atoms with E-state index in [9.17, 15) is 4.79 Å². The summed E-state index contributed by atoms with van der Waals surface area (Å²) < 4.78 is 0. The van der Waals surface area contributed by atoms with E-state index in [1.807, 2.05) is 26.0 Å². The van der Waals surface area contributed by atoms with Crippen molar-refractivity contribution in [2.45, 2.75) is 26.3 Å². The summed E-state index contributed by atoms with van der Waals surface area (Å²) in [5.41, 5.74) is 1.44. The first kappa shape index (κ1) is 10.7. The molecule has 1 atom stereocenters. The molecule has 1 aromatic carbocycles. The van der Waals surface area contributed by atoms with Gasteiger partial charge in [-0.2, -0.15) is 5.10 Å². The Kier molecular flexibility index (Phi) is 2.90. The highest BCUT2D eigenvalue weighted by Crippen LogP contribution is 2.15. The van der Waals surface area contributed by atoms with Crippen molar-refractivity contribution in [1.29, 1.82) is 0 Å². The molecule has 0 unspecified atom stereocenters. The fourth-order valence-corrected chi connectivity index (χ4v) is 1.56. The van der Waals surface area contributed by atoms with Gasteiger partial charge in [-0.25, -0.2) is 0 Å². The van der Waals surface area contributed by atoms with Gasteiger partial charge in [0.1, 0.15) is 0 Å². The van der Waals surface area contributed by atoms with Crippen LogP contribution in [0.5, 0.6) is 0 Å². The van der Waals surface area contributed by atoms with E-state index in [1.54, 1.807) is 12.3 Å². The summed E-state index contributed by atoms with van der Waals surface area (Å²) in [6.07, 6.45) is 2.64. The quantitative estimate of drug-likeness (QED) is 0.827. The molecule has 0 aliphatic rings. The number of fused-ring (bicyclic) bond motifs is 1. The van der Waals surface area contributed by atoms with Crippen LogP contribution in [-0.4, -0.2) is 22.1 Å². The number of nitrogens with zero attached hydrogens (tertiary/aromatic N) is 1. The number of hydrogen-bond acceptors (Lipinski definition) is 2. The van der Waals surface area contributed by atoms with Gasteiger partial charge in [0.15, 0.2) is 0 Å². The molecule has 2 rings (SSSR count). The van der Waals surface area contributed by atoms with Gasteiger partial charge in [-0.1, -0.05) is 19.1 Å². The van der Waals surface area contributed by atoms with Crippen molar-refractivity contribution in [2.24, 2.45) is 0 Å². The minimum atomic E-state index is -0.0517. The predicted molar refractivity (Wildman–Crippen MR) is 63.3 cm³/mol. The zero-order chi connectivity index (χ0) is 11.5. The Morgan fingerprint density at radius 3 is 3.12 bits per heavy atom. The maximum Gasteiger partial charge on any atom is 0.253 e. The zero-order valence-electron chi connectivity index (χ0n) is 9.45. The molecule has 16 heavy (non-hydrogen) atoms. The monoisotopic (exact) mass is 217 g/mol. The Morgan fingerprint density at radius 1 is 1.56 bits per heavy atom. The normalized spacial score (nSPS) is 12.6.